The smallest absolute Gasteiger partial charge is 0.214 e. The van der Waals surface area contributed by atoms with Gasteiger partial charge in [-0.3, -0.25) is 4.79 Å². The molecule has 0 bridgehead atoms. The van der Waals surface area contributed by atoms with Crippen molar-refractivity contribution in [2.45, 2.75) is 36.6 Å². The first-order valence-electron chi connectivity index (χ1n) is 6.96. The number of tetrazole rings is 1. The van der Waals surface area contributed by atoms with E-state index in [1.807, 2.05) is 24.3 Å². The van der Waals surface area contributed by atoms with E-state index >= 15 is 0 Å². The molecule has 1 unspecified atom stereocenters. The first kappa shape index (κ1) is 14.7. The molecule has 114 valence electrons. The molecule has 1 saturated carbocycles. The maximum Gasteiger partial charge on any atom is 0.214 e. The minimum absolute atomic E-state index is 0.0483. The van der Waals surface area contributed by atoms with Crippen molar-refractivity contribution in [1.29, 1.82) is 0 Å². The average Bonchev–Trinajstić information content (AvgIpc) is 3.17. The molecule has 0 amide bonds. The maximum atomic E-state index is 11.8. The van der Waals surface area contributed by atoms with Crippen LogP contribution >= 0.6 is 11.8 Å². The molecular weight excluding hydrogens is 302 g/mol. The van der Waals surface area contributed by atoms with Crippen molar-refractivity contribution in [1.82, 2.24) is 20.2 Å². The van der Waals surface area contributed by atoms with Crippen molar-refractivity contribution in [3.8, 4) is 5.69 Å². The number of hydrogen-bond donors (Lipinski definition) is 1. The van der Waals surface area contributed by atoms with Gasteiger partial charge in [-0.25, -0.2) is 0 Å². The van der Waals surface area contributed by atoms with Crippen LogP contribution in [0, 0.1) is 0 Å². The lowest BCUT2D eigenvalue weighted by Gasteiger charge is -2.08. The predicted molar refractivity (Wildman–Crippen MR) is 81.7 cm³/mol. The van der Waals surface area contributed by atoms with E-state index in [1.54, 1.807) is 11.6 Å². The number of rotatable bonds is 4. The van der Waals surface area contributed by atoms with E-state index < -0.39 is 0 Å². The Morgan fingerprint density at radius 2 is 2.18 bits per heavy atom. The van der Waals surface area contributed by atoms with Crippen LogP contribution in [0.1, 0.15) is 31.7 Å². The second-order valence-electron chi connectivity index (χ2n) is 5.07. The predicted octanol–water partition coefficient (Wildman–Crippen LogP) is 2.07. The highest BCUT2D eigenvalue weighted by Gasteiger charge is 2.27. The third-order valence-corrected chi connectivity index (χ3v) is 4.87. The van der Waals surface area contributed by atoms with Crippen LogP contribution in [0.15, 0.2) is 34.6 Å². The van der Waals surface area contributed by atoms with Gasteiger partial charge in [-0.1, -0.05) is 29.1 Å². The SMILES string of the molecule is C/C(=N\O)c1ccc(-n2nnnc2SC2CCCC2=O)cc1. The Kier molecular flexibility index (Phi) is 4.19. The summed E-state index contributed by atoms with van der Waals surface area (Å²) in [5.74, 6) is 0.268. The molecule has 1 heterocycles. The van der Waals surface area contributed by atoms with E-state index in [0.29, 0.717) is 17.3 Å². The normalized spacial score (nSPS) is 18.9. The van der Waals surface area contributed by atoms with E-state index in [0.717, 1.165) is 24.1 Å². The molecule has 0 spiro atoms. The largest absolute Gasteiger partial charge is 0.411 e. The summed E-state index contributed by atoms with van der Waals surface area (Å²) in [6, 6.07) is 7.37. The minimum atomic E-state index is -0.0483. The number of Topliss-reactive ketones (excluding diaryl/α,β-unsaturated/α-hetero) is 1. The Balaban J connectivity index is 1.83. The third-order valence-electron chi connectivity index (χ3n) is 3.62. The second-order valence-corrected chi connectivity index (χ2v) is 6.24. The molecule has 0 aliphatic heterocycles. The first-order chi connectivity index (χ1) is 10.7. The highest BCUT2D eigenvalue weighted by atomic mass is 32.2. The minimum Gasteiger partial charge on any atom is -0.411 e. The number of nitrogens with zero attached hydrogens (tertiary/aromatic N) is 5. The van der Waals surface area contributed by atoms with Gasteiger partial charge in [0.25, 0.3) is 0 Å². The Labute approximate surface area is 131 Å². The zero-order valence-corrected chi connectivity index (χ0v) is 12.8. The van der Waals surface area contributed by atoms with Crippen LogP contribution in [0.5, 0.6) is 0 Å². The standard InChI is InChI=1S/C14H15N5O2S/c1-9(16-21)10-5-7-11(8-6-10)19-14(15-17-18-19)22-13-4-2-3-12(13)20/h5-8,13,21H,2-4H2,1H3/b16-9+. The molecule has 2 aromatic rings. The van der Waals surface area contributed by atoms with Crippen LogP contribution in [0.3, 0.4) is 0 Å². The Bertz CT molecular complexity index is 710. The van der Waals surface area contributed by atoms with Gasteiger partial charge in [-0.15, -0.1) is 5.10 Å². The Morgan fingerprint density at radius 1 is 1.41 bits per heavy atom. The Hall–Kier alpha value is -2.22. The summed E-state index contributed by atoms with van der Waals surface area (Å²) in [4.78, 5) is 11.8. The van der Waals surface area contributed by atoms with Crippen molar-refractivity contribution in [3.63, 3.8) is 0 Å². The van der Waals surface area contributed by atoms with Crippen molar-refractivity contribution in [3.05, 3.63) is 29.8 Å². The van der Waals surface area contributed by atoms with E-state index in [1.165, 1.54) is 11.8 Å². The van der Waals surface area contributed by atoms with Crippen LogP contribution in [-0.4, -0.2) is 42.2 Å². The topological polar surface area (TPSA) is 93.3 Å². The lowest BCUT2D eigenvalue weighted by atomic mass is 10.1. The molecule has 7 nitrogen and oxygen atoms in total. The molecule has 1 aliphatic carbocycles. The highest BCUT2D eigenvalue weighted by molar-refractivity contribution is 8.00. The van der Waals surface area contributed by atoms with Crippen LogP contribution in [0.2, 0.25) is 0 Å². The summed E-state index contributed by atoms with van der Waals surface area (Å²) < 4.78 is 1.62. The van der Waals surface area contributed by atoms with Gasteiger partial charge in [0.2, 0.25) is 5.16 Å². The number of ketones is 1. The molecule has 1 N–H and O–H groups in total. The fraction of sp³-hybridized carbons (Fsp3) is 0.357. The molecule has 3 rings (SSSR count). The van der Waals surface area contributed by atoms with Gasteiger partial charge >= 0.3 is 0 Å². The second kappa shape index (κ2) is 6.27. The summed E-state index contributed by atoms with van der Waals surface area (Å²) in [5.41, 5.74) is 2.15. The molecule has 1 aliphatic rings. The summed E-state index contributed by atoms with van der Waals surface area (Å²) in [7, 11) is 0. The van der Waals surface area contributed by atoms with Gasteiger partial charge in [-0.05, 0) is 47.9 Å². The van der Waals surface area contributed by atoms with E-state index in [-0.39, 0.29) is 11.0 Å². The van der Waals surface area contributed by atoms with Gasteiger partial charge in [0.1, 0.15) is 5.78 Å². The first-order valence-corrected chi connectivity index (χ1v) is 7.84. The van der Waals surface area contributed by atoms with Gasteiger partial charge in [-0.2, -0.15) is 4.68 Å². The summed E-state index contributed by atoms with van der Waals surface area (Å²) >= 11 is 1.42. The maximum absolute atomic E-state index is 11.8. The monoisotopic (exact) mass is 317 g/mol. The molecule has 0 saturated heterocycles. The third kappa shape index (κ3) is 2.87. The van der Waals surface area contributed by atoms with E-state index in [9.17, 15) is 4.79 Å². The van der Waals surface area contributed by atoms with Gasteiger partial charge in [0, 0.05) is 6.42 Å². The number of hydrogen-bond acceptors (Lipinski definition) is 7. The number of carbonyl (C=O) groups is 1. The van der Waals surface area contributed by atoms with E-state index in [2.05, 4.69) is 20.7 Å². The molecule has 0 radical (unpaired) electrons. The van der Waals surface area contributed by atoms with Crippen molar-refractivity contribution < 1.29 is 10.0 Å². The van der Waals surface area contributed by atoms with Crippen LogP contribution in [0.4, 0.5) is 0 Å². The summed E-state index contributed by atoms with van der Waals surface area (Å²) in [6.07, 6.45) is 2.46. The lowest BCUT2D eigenvalue weighted by Crippen LogP contribution is -2.10. The summed E-state index contributed by atoms with van der Waals surface area (Å²) in [6.45, 7) is 1.72. The van der Waals surface area contributed by atoms with Crippen molar-refractivity contribution in [2.24, 2.45) is 5.16 Å². The Morgan fingerprint density at radius 3 is 2.82 bits per heavy atom. The molecule has 1 atom stereocenters. The van der Waals surface area contributed by atoms with Crippen LogP contribution in [0.25, 0.3) is 5.69 Å². The van der Waals surface area contributed by atoms with Gasteiger partial charge < -0.3 is 5.21 Å². The number of thioether (sulfide) groups is 1. The fourth-order valence-electron chi connectivity index (χ4n) is 2.35. The molecular formula is C14H15N5O2S. The number of carbonyl (C=O) groups excluding carboxylic acids is 1. The van der Waals surface area contributed by atoms with Gasteiger partial charge in [0.05, 0.1) is 16.6 Å². The van der Waals surface area contributed by atoms with Crippen LogP contribution in [-0.2, 0) is 4.79 Å². The summed E-state index contributed by atoms with van der Waals surface area (Å²) in [5, 5.41) is 24.2. The zero-order valence-electron chi connectivity index (χ0n) is 12.0. The van der Waals surface area contributed by atoms with Crippen LogP contribution < -0.4 is 0 Å². The number of aromatic nitrogens is 4. The van der Waals surface area contributed by atoms with Gasteiger partial charge in [0.15, 0.2) is 0 Å². The quantitative estimate of drug-likeness (QED) is 0.527. The number of oxime groups is 1. The molecule has 8 heteroatoms. The van der Waals surface area contributed by atoms with Crippen molar-refractivity contribution in [2.75, 3.05) is 0 Å². The van der Waals surface area contributed by atoms with E-state index in [4.69, 9.17) is 5.21 Å². The number of benzene rings is 1. The highest BCUT2D eigenvalue weighted by Crippen LogP contribution is 2.31. The molecule has 1 aromatic carbocycles. The molecule has 1 aromatic heterocycles. The average molecular weight is 317 g/mol. The lowest BCUT2D eigenvalue weighted by molar-refractivity contribution is -0.116. The van der Waals surface area contributed by atoms with Crippen molar-refractivity contribution >= 4 is 23.3 Å². The molecule has 1 fully saturated rings. The zero-order chi connectivity index (χ0) is 15.5. The fourth-order valence-corrected chi connectivity index (χ4v) is 3.47. The molecule has 22 heavy (non-hydrogen) atoms.